The molecule has 1 aromatic carbocycles. The van der Waals surface area contributed by atoms with E-state index in [1.165, 1.54) is 4.90 Å². The summed E-state index contributed by atoms with van der Waals surface area (Å²) in [5, 5.41) is 19.0. The zero-order valence-electron chi connectivity index (χ0n) is 14.6. The van der Waals surface area contributed by atoms with Gasteiger partial charge in [0.05, 0.1) is 5.69 Å². The minimum absolute atomic E-state index is 0.00439. The summed E-state index contributed by atoms with van der Waals surface area (Å²) in [4.78, 5) is 39.0. The van der Waals surface area contributed by atoms with Crippen LogP contribution >= 0.6 is 0 Å². The first-order valence-corrected chi connectivity index (χ1v) is 8.62. The van der Waals surface area contributed by atoms with Crippen molar-refractivity contribution >= 4 is 23.5 Å². The van der Waals surface area contributed by atoms with Crippen LogP contribution in [0.3, 0.4) is 0 Å². The molecular weight excluding hydrogens is 340 g/mol. The molecule has 26 heavy (non-hydrogen) atoms. The lowest BCUT2D eigenvalue weighted by Crippen LogP contribution is -2.51. The summed E-state index contributed by atoms with van der Waals surface area (Å²) in [5.41, 5.74) is -1.12. The first kappa shape index (κ1) is 18.2. The van der Waals surface area contributed by atoms with Crippen LogP contribution in [0.4, 0.5) is 5.69 Å². The number of aliphatic carboxylic acids is 1. The molecule has 0 spiro atoms. The predicted octanol–water partition coefficient (Wildman–Crippen LogP) is 0.629. The number of hydrogen-bond acceptors (Lipinski definition) is 5. The molecule has 2 heterocycles. The Balaban J connectivity index is 1.62. The molecule has 0 radical (unpaired) electrons. The molecule has 140 valence electrons. The van der Waals surface area contributed by atoms with Gasteiger partial charge in [-0.25, -0.2) is 4.79 Å². The standard InChI is InChI=1S/C18H22N2O6/c1-12-16(22)20(13-4-2-3-5-14(13)26-12)9-6-15(21)19-10-7-18(25,8-11-19)17(23)24/h2-5,12,25H,6-11H2,1H3,(H,23,24). The molecule has 3 rings (SSSR count). The second-order valence-corrected chi connectivity index (χ2v) is 6.69. The smallest absolute Gasteiger partial charge is 0.335 e. The van der Waals surface area contributed by atoms with Crippen molar-refractivity contribution in [2.45, 2.75) is 37.9 Å². The number of anilines is 1. The number of fused-ring (bicyclic) bond motifs is 1. The Bertz CT molecular complexity index is 726. The van der Waals surface area contributed by atoms with E-state index in [-0.39, 0.29) is 50.7 Å². The molecule has 1 saturated heterocycles. The van der Waals surface area contributed by atoms with E-state index in [4.69, 9.17) is 9.84 Å². The third-order valence-electron chi connectivity index (χ3n) is 4.96. The van der Waals surface area contributed by atoms with Crippen LogP contribution in [0.5, 0.6) is 5.75 Å². The summed E-state index contributed by atoms with van der Waals surface area (Å²) in [6.45, 7) is 2.27. The van der Waals surface area contributed by atoms with Crippen LogP contribution in [0.2, 0.25) is 0 Å². The summed E-state index contributed by atoms with van der Waals surface area (Å²) in [6, 6.07) is 7.18. The minimum atomic E-state index is -1.76. The Morgan fingerprint density at radius 2 is 1.92 bits per heavy atom. The molecule has 2 aliphatic rings. The summed E-state index contributed by atoms with van der Waals surface area (Å²) >= 11 is 0. The molecule has 1 unspecified atom stereocenters. The number of hydrogen-bond donors (Lipinski definition) is 2. The zero-order valence-corrected chi connectivity index (χ0v) is 14.6. The fraction of sp³-hybridized carbons (Fsp3) is 0.500. The van der Waals surface area contributed by atoms with Crippen molar-refractivity contribution in [1.82, 2.24) is 4.90 Å². The Morgan fingerprint density at radius 1 is 1.27 bits per heavy atom. The van der Waals surface area contributed by atoms with Gasteiger partial charge in [-0.3, -0.25) is 9.59 Å². The van der Waals surface area contributed by atoms with Crippen LogP contribution in [0.25, 0.3) is 0 Å². The molecule has 0 aliphatic carbocycles. The maximum absolute atomic E-state index is 12.4. The van der Waals surface area contributed by atoms with Crippen LogP contribution in [0, 0.1) is 0 Å². The van der Waals surface area contributed by atoms with E-state index in [0.717, 1.165) is 0 Å². The number of nitrogens with zero attached hydrogens (tertiary/aromatic N) is 2. The Morgan fingerprint density at radius 3 is 2.58 bits per heavy atom. The van der Waals surface area contributed by atoms with E-state index in [1.54, 1.807) is 30.0 Å². The highest BCUT2D eigenvalue weighted by atomic mass is 16.5. The second-order valence-electron chi connectivity index (χ2n) is 6.69. The number of ether oxygens (including phenoxy) is 1. The summed E-state index contributed by atoms with van der Waals surface area (Å²) in [5.74, 6) is -1.01. The van der Waals surface area contributed by atoms with Gasteiger partial charge in [-0.15, -0.1) is 0 Å². The monoisotopic (exact) mass is 362 g/mol. The van der Waals surface area contributed by atoms with Gasteiger partial charge in [0, 0.05) is 38.9 Å². The molecule has 0 aromatic heterocycles. The summed E-state index contributed by atoms with van der Waals surface area (Å²) in [6.07, 6.45) is -0.479. The van der Waals surface area contributed by atoms with Crippen molar-refractivity contribution in [2.75, 3.05) is 24.5 Å². The molecule has 2 aliphatic heterocycles. The highest BCUT2D eigenvalue weighted by Crippen LogP contribution is 2.33. The third kappa shape index (κ3) is 3.37. The van der Waals surface area contributed by atoms with Crippen LogP contribution in [0.1, 0.15) is 26.2 Å². The highest BCUT2D eigenvalue weighted by Gasteiger charge is 2.40. The molecular formula is C18H22N2O6. The second kappa shape index (κ2) is 6.95. The Kier molecular flexibility index (Phi) is 4.86. The number of piperidine rings is 1. The third-order valence-corrected chi connectivity index (χ3v) is 4.96. The lowest BCUT2D eigenvalue weighted by Gasteiger charge is -2.36. The quantitative estimate of drug-likeness (QED) is 0.813. The fourth-order valence-electron chi connectivity index (χ4n) is 3.29. The molecule has 2 amide bonds. The van der Waals surface area contributed by atoms with E-state index < -0.39 is 17.7 Å². The minimum Gasteiger partial charge on any atom is -0.479 e. The van der Waals surface area contributed by atoms with Gasteiger partial charge in [-0.05, 0) is 19.1 Å². The number of aliphatic hydroxyl groups is 1. The normalized spacial score (nSPS) is 21.8. The van der Waals surface area contributed by atoms with Gasteiger partial charge in [0.2, 0.25) is 5.91 Å². The Labute approximate surface area is 151 Å². The number of para-hydroxylation sites is 2. The predicted molar refractivity (Wildman–Crippen MR) is 91.9 cm³/mol. The van der Waals surface area contributed by atoms with Crippen molar-refractivity contribution in [3.63, 3.8) is 0 Å². The van der Waals surface area contributed by atoms with Gasteiger partial charge in [0.1, 0.15) is 5.75 Å². The van der Waals surface area contributed by atoms with E-state index in [0.29, 0.717) is 11.4 Å². The van der Waals surface area contributed by atoms with Gasteiger partial charge < -0.3 is 24.7 Å². The number of carboxylic acid groups (broad SMARTS) is 1. The lowest BCUT2D eigenvalue weighted by molar-refractivity contribution is -0.165. The maximum Gasteiger partial charge on any atom is 0.335 e. The number of benzene rings is 1. The van der Waals surface area contributed by atoms with Crippen molar-refractivity contribution in [2.24, 2.45) is 0 Å². The average Bonchev–Trinajstić information content (AvgIpc) is 2.62. The molecule has 1 atom stereocenters. The number of rotatable bonds is 4. The maximum atomic E-state index is 12.4. The fourth-order valence-corrected chi connectivity index (χ4v) is 3.29. The molecule has 0 saturated carbocycles. The summed E-state index contributed by atoms with van der Waals surface area (Å²) in [7, 11) is 0. The van der Waals surface area contributed by atoms with Crippen LogP contribution in [-0.2, 0) is 14.4 Å². The topological polar surface area (TPSA) is 107 Å². The Hall–Kier alpha value is -2.61. The number of amides is 2. The summed E-state index contributed by atoms with van der Waals surface area (Å²) < 4.78 is 5.57. The van der Waals surface area contributed by atoms with Crippen LogP contribution < -0.4 is 9.64 Å². The van der Waals surface area contributed by atoms with E-state index in [9.17, 15) is 19.5 Å². The first-order valence-electron chi connectivity index (χ1n) is 8.62. The van der Waals surface area contributed by atoms with Crippen molar-refractivity contribution in [3.05, 3.63) is 24.3 Å². The average molecular weight is 362 g/mol. The van der Waals surface area contributed by atoms with Crippen molar-refractivity contribution in [3.8, 4) is 5.75 Å². The molecule has 1 aromatic rings. The van der Waals surface area contributed by atoms with Gasteiger partial charge >= 0.3 is 5.97 Å². The SMILES string of the molecule is CC1Oc2ccccc2N(CCC(=O)N2CCC(O)(C(=O)O)CC2)C1=O. The number of likely N-dealkylation sites (tertiary alicyclic amines) is 1. The van der Waals surface area contributed by atoms with Gasteiger partial charge in [-0.1, -0.05) is 12.1 Å². The number of carbonyl (C=O) groups is 3. The number of carboxylic acids is 1. The van der Waals surface area contributed by atoms with Crippen molar-refractivity contribution in [1.29, 1.82) is 0 Å². The first-order chi connectivity index (χ1) is 12.3. The molecule has 8 nitrogen and oxygen atoms in total. The van der Waals surface area contributed by atoms with E-state index >= 15 is 0 Å². The largest absolute Gasteiger partial charge is 0.479 e. The molecule has 0 bridgehead atoms. The van der Waals surface area contributed by atoms with Crippen molar-refractivity contribution < 1.29 is 29.3 Å². The zero-order chi connectivity index (χ0) is 18.9. The molecule has 1 fully saturated rings. The number of carbonyl (C=O) groups excluding carboxylic acids is 2. The van der Waals surface area contributed by atoms with E-state index in [1.807, 2.05) is 6.07 Å². The van der Waals surface area contributed by atoms with Gasteiger partial charge in [0.15, 0.2) is 11.7 Å². The van der Waals surface area contributed by atoms with E-state index in [2.05, 4.69) is 0 Å². The van der Waals surface area contributed by atoms with Gasteiger partial charge in [-0.2, -0.15) is 0 Å². The molecule has 2 N–H and O–H groups in total. The molecule has 8 heteroatoms. The van der Waals surface area contributed by atoms with Gasteiger partial charge in [0.25, 0.3) is 5.91 Å². The van der Waals surface area contributed by atoms with Crippen LogP contribution in [-0.4, -0.2) is 64.2 Å². The lowest BCUT2D eigenvalue weighted by atomic mass is 9.91. The highest BCUT2D eigenvalue weighted by molar-refractivity contribution is 6.00. The van der Waals surface area contributed by atoms with Crippen LogP contribution in [0.15, 0.2) is 24.3 Å².